The van der Waals surface area contributed by atoms with Gasteiger partial charge in [-0.25, -0.2) is 0 Å². The Kier molecular flexibility index (Phi) is 5.68. The van der Waals surface area contributed by atoms with E-state index in [1.807, 2.05) is 50.6 Å². The Morgan fingerprint density at radius 2 is 2.05 bits per heavy atom. The summed E-state index contributed by atoms with van der Waals surface area (Å²) in [6.45, 7) is 1.67. The minimum Gasteiger partial charge on any atom is -0.320 e. The average Bonchev–Trinajstić information content (AvgIpc) is 2.93. The minimum atomic E-state index is -0.589. The molecule has 1 unspecified atom stereocenters. The van der Waals surface area contributed by atoms with Gasteiger partial charge in [-0.3, -0.25) is 9.48 Å². The van der Waals surface area contributed by atoms with Crippen LogP contribution in [0.2, 0.25) is 0 Å². The highest BCUT2D eigenvalue weighted by atomic mass is 16.2. The van der Waals surface area contributed by atoms with Gasteiger partial charge in [0.2, 0.25) is 5.91 Å². The molecule has 2 rings (SSSR count). The van der Waals surface area contributed by atoms with Gasteiger partial charge in [-0.15, -0.1) is 0 Å². The maximum absolute atomic E-state index is 12.1. The molecular weight excluding hydrogens is 278 g/mol. The second-order valence-corrected chi connectivity index (χ2v) is 5.55. The summed E-state index contributed by atoms with van der Waals surface area (Å²) in [5.74, 6) is 0.314. The fraction of sp³-hybridized carbons (Fsp3) is 0.375. The number of benzene rings is 1. The lowest BCUT2D eigenvalue weighted by molar-refractivity contribution is -0.117. The molecule has 1 heterocycles. The Hall–Kier alpha value is -2.18. The summed E-state index contributed by atoms with van der Waals surface area (Å²) < 4.78 is 1.80. The number of amides is 1. The van der Waals surface area contributed by atoms with Crippen LogP contribution in [0.15, 0.2) is 42.6 Å². The van der Waals surface area contributed by atoms with Gasteiger partial charge in [0.1, 0.15) is 0 Å². The Bertz CT molecular complexity index is 594. The number of hydrogen-bond donors (Lipinski definition) is 2. The smallest absolute Gasteiger partial charge is 0.242 e. The first kappa shape index (κ1) is 16.2. The van der Waals surface area contributed by atoms with Crippen LogP contribution in [0, 0.1) is 0 Å². The van der Waals surface area contributed by atoms with Crippen LogP contribution in [0.1, 0.15) is 5.56 Å². The quantitative estimate of drug-likeness (QED) is 0.798. The second-order valence-electron chi connectivity index (χ2n) is 5.55. The van der Waals surface area contributed by atoms with Crippen LogP contribution in [-0.4, -0.2) is 47.3 Å². The predicted octanol–water partition coefficient (Wildman–Crippen LogP) is 0.953. The molecule has 1 aromatic carbocycles. The molecule has 0 aliphatic rings. The lowest BCUT2D eigenvalue weighted by Crippen LogP contribution is -2.37. The second kappa shape index (κ2) is 7.72. The lowest BCUT2D eigenvalue weighted by Gasteiger charge is -2.11. The van der Waals surface area contributed by atoms with E-state index in [4.69, 9.17) is 5.73 Å². The summed E-state index contributed by atoms with van der Waals surface area (Å²) in [6.07, 6.45) is 2.36. The number of nitrogens with one attached hydrogen (secondary N) is 1. The molecule has 0 spiro atoms. The zero-order valence-corrected chi connectivity index (χ0v) is 13.1. The van der Waals surface area contributed by atoms with Crippen LogP contribution in [0.4, 0.5) is 5.82 Å². The molecule has 6 nitrogen and oxygen atoms in total. The van der Waals surface area contributed by atoms with Crippen molar-refractivity contribution in [3.8, 4) is 0 Å². The fourth-order valence-electron chi connectivity index (χ4n) is 2.03. The molecule has 6 heteroatoms. The third-order valence-corrected chi connectivity index (χ3v) is 3.30. The number of nitrogens with zero attached hydrogens (tertiary/aromatic N) is 3. The summed E-state index contributed by atoms with van der Waals surface area (Å²) >= 11 is 0. The van der Waals surface area contributed by atoms with E-state index in [2.05, 4.69) is 15.3 Å². The van der Waals surface area contributed by atoms with Gasteiger partial charge < -0.3 is 16.0 Å². The van der Waals surface area contributed by atoms with Crippen molar-refractivity contribution < 1.29 is 4.79 Å². The van der Waals surface area contributed by atoms with Gasteiger partial charge in [-0.1, -0.05) is 30.3 Å². The number of nitrogens with two attached hydrogens (primary N) is 1. The number of aromatic nitrogens is 2. The van der Waals surface area contributed by atoms with Gasteiger partial charge in [-0.2, -0.15) is 5.10 Å². The van der Waals surface area contributed by atoms with Crippen molar-refractivity contribution in [3.05, 3.63) is 48.2 Å². The summed E-state index contributed by atoms with van der Waals surface area (Å²) in [5.41, 5.74) is 6.99. The summed E-state index contributed by atoms with van der Waals surface area (Å²) in [4.78, 5) is 14.2. The highest BCUT2D eigenvalue weighted by Gasteiger charge is 2.15. The highest BCUT2D eigenvalue weighted by Crippen LogP contribution is 2.06. The Labute approximate surface area is 130 Å². The Balaban J connectivity index is 1.86. The zero-order chi connectivity index (χ0) is 15.9. The Morgan fingerprint density at radius 1 is 1.32 bits per heavy atom. The van der Waals surface area contributed by atoms with E-state index in [9.17, 15) is 4.79 Å². The first-order valence-electron chi connectivity index (χ1n) is 7.33. The van der Waals surface area contributed by atoms with E-state index in [-0.39, 0.29) is 5.91 Å². The summed E-state index contributed by atoms with van der Waals surface area (Å²) in [5, 5.41) is 7.07. The molecule has 1 atom stereocenters. The van der Waals surface area contributed by atoms with Gasteiger partial charge in [0, 0.05) is 18.8 Å². The van der Waals surface area contributed by atoms with Crippen LogP contribution >= 0.6 is 0 Å². The number of likely N-dealkylation sites (N-methyl/N-ethyl adjacent to an activating group) is 1. The number of carbonyl (C=O) groups excluding carboxylic acids is 1. The fourth-order valence-corrected chi connectivity index (χ4v) is 2.03. The predicted molar refractivity (Wildman–Crippen MR) is 87.5 cm³/mol. The molecule has 0 fully saturated rings. The SMILES string of the molecule is CN(C)CCn1ccc(NC(=O)C(N)Cc2ccccc2)n1. The molecule has 0 saturated carbocycles. The molecule has 0 aliphatic carbocycles. The molecule has 0 saturated heterocycles. The van der Waals surface area contributed by atoms with E-state index in [1.165, 1.54) is 0 Å². The third-order valence-electron chi connectivity index (χ3n) is 3.30. The van der Waals surface area contributed by atoms with Crippen LogP contribution in [-0.2, 0) is 17.8 Å². The monoisotopic (exact) mass is 301 g/mol. The lowest BCUT2D eigenvalue weighted by atomic mass is 10.1. The summed E-state index contributed by atoms with van der Waals surface area (Å²) in [7, 11) is 4.02. The normalized spacial score (nSPS) is 12.4. The van der Waals surface area contributed by atoms with Crippen molar-refractivity contribution in [2.75, 3.05) is 26.0 Å². The van der Waals surface area contributed by atoms with E-state index in [1.54, 1.807) is 10.7 Å². The molecule has 0 bridgehead atoms. The van der Waals surface area contributed by atoms with Crippen LogP contribution in [0.3, 0.4) is 0 Å². The molecule has 0 radical (unpaired) electrons. The number of rotatable bonds is 7. The van der Waals surface area contributed by atoms with Crippen molar-refractivity contribution in [2.45, 2.75) is 19.0 Å². The van der Waals surface area contributed by atoms with E-state index < -0.39 is 6.04 Å². The minimum absolute atomic E-state index is 0.221. The maximum Gasteiger partial charge on any atom is 0.242 e. The summed E-state index contributed by atoms with van der Waals surface area (Å²) in [6, 6.07) is 10.9. The van der Waals surface area contributed by atoms with Crippen molar-refractivity contribution in [2.24, 2.45) is 5.73 Å². The molecular formula is C16H23N5O. The van der Waals surface area contributed by atoms with Crippen molar-refractivity contribution >= 4 is 11.7 Å². The topological polar surface area (TPSA) is 76.2 Å². The number of anilines is 1. The van der Waals surface area contributed by atoms with Crippen LogP contribution in [0.25, 0.3) is 0 Å². The molecule has 118 valence electrons. The van der Waals surface area contributed by atoms with Gasteiger partial charge >= 0.3 is 0 Å². The zero-order valence-electron chi connectivity index (χ0n) is 13.1. The van der Waals surface area contributed by atoms with Gasteiger partial charge in [0.05, 0.1) is 12.6 Å². The molecule has 3 N–H and O–H groups in total. The van der Waals surface area contributed by atoms with E-state index in [0.717, 1.165) is 18.7 Å². The van der Waals surface area contributed by atoms with Crippen LogP contribution < -0.4 is 11.1 Å². The standard InChI is InChI=1S/C16H23N5O/c1-20(2)10-11-21-9-8-15(19-21)18-16(22)14(17)12-13-6-4-3-5-7-13/h3-9,14H,10-12,17H2,1-2H3,(H,18,19,22). The largest absolute Gasteiger partial charge is 0.320 e. The number of hydrogen-bond acceptors (Lipinski definition) is 4. The molecule has 0 aliphatic heterocycles. The Morgan fingerprint density at radius 3 is 2.73 bits per heavy atom. The van der Waals surface area contributed by atoms with Crippen molar-refractivity contribution in [1.82, 2.24) is 14.7 Å². The van der Waals surface area contributed by atoms with Crippen molar-refractivity contribution in [3.63, 3.8) is 0 Å². The van der Waals surface area contributed by atoms with E-state index >= 15 is 0 Å². The first-order valence-corrected chi connectivity index (χ1v) is 7.33. The first-order chi connectivity index (χ1) is 10.5. The third kappa shape index (κ3) is 4.98. The number of carbonyl (C=O) groups is 1. The van der Waals surface area contributed by atoms with Crippen LogP contribution in [0.5, 0.6) is 0 Å². The van der Waals surface area contributed by atoms with Gasteiger partial charge in [0.15, 0.2) is 5.82 Å². The molecule has 1 aromatic heterocycles. The average molecular weight is 301 g/mol. The molecule has 1 amide bonds. The molecule has 2 aromatic rings. The molecule has 22 heavy (non-hydrogen) atoms. The highest BCUT2D eigenvalue weighted by molar-refractivity contribution is 5.94. The van der Waals surface area contributed by atoms with Gasteiger partial charge in [0.25, 0.3) is 0 Å². The van der Waals surface area contributed by atoms with Crippen molar-refractivity contribution in [1.29, 1.82) is 0 Å². The van der Waals surface area contributed by atoms with Gasteiger partial charge in [-0.05, 0) is 26.1 Å². The van der Waals surface area contributed by atoms with E-state index in [0.29, 0.717) is 12.2 Å². The maximum atomic E-state index is 12.1.